The Morgan fingerprint density at radius 2 is 1.55 bits per heavy atom. The predicted octanol–water partition coefficient (Wildman–Crippen LogP) is 7.36. The summed E-state index contributed by atoms with van der Waals surface area (Å²) in [7, 11) is 0. The number of hydrogen-bond acceptors (Lipinski definition) is 5. The first kappa shape index (κ1) is 29.4. The molecule has 0 saturated heterocycles. The molecule has 1 fully saturated rings. The molecule has 38 heavy (non-hydrogen) atoms. The van der Waals surface area contributed by atoms with Crippen LogP contribution in [0.3, 0.4) is 0 Å². The molecule has 3 N–H and O–H groups in total. The third-order valence-electron chi connectivity index (χ3n) is 8.20. The SMILES string of the molecule is C=C(C)[C@H]1CC[C@](C)(O)[C@@H]1CC1=C(O)/C(=C(/O)c2ccccc2)C(=O)C(CC=C(C)C)(CC=C(C)C)C1=O. The molecular weight excluding hydrogens is 476 g/mol. The van der Waals surface area contributed by atoms with E-state index in [9.17, 15) is 24.9 Å². The molecule has 2 aliphatic carbocycles. The second-order valence-electron chi connectivity index (χ2n) is 11.8. The lowest BCUT2D eigenvalue weighted by atomic mass is 9.63. The summed E-state index contributed by atoms with van der Waals surface area (Å²) in [5.74, 6) is -2.27. The van der Waals surface area contributed by atoms with Crippen LogP contribution in [-0.2, 0) is 9.59 Å². The lowest BCUT2D eigenvalue weighted by Gasteiger charge is -2.38. The van der Waals surface area contributed by atoms with Crippen LogP contribution in [-0.4, -0.2) is 32.5 Å². The fraction of sp³-hybridized carbons (Fsp3) is 0.455. The summed E-state index contributed by atoms with van der Waals surface area (Å²) in [4.78, 5) is 28.6. The summed E-state index contributed by atoms with van der Waals surface area (Å²) in [5, 5.41) is 34.1. The Hall–Kier alpha value is -3.18. The summed E-state index contributed by atoms with van der Waals surface area (Å²) in [6.45, 7) is 15.4. The highest BCUT2D eigenvalue weighted by Crippen LogP contribution is 2.51. The summed E-state index contributed by atoms with van der Waals surface area (Å²) in [6, 6.07) is 8.58. The van der Waals surface area contributed by atoms with Gasteiger partial charge in [0.1, 0.15) is 22.5 Å². The van der Waals surface area contributed by atoms with Gasteiger partial charge < -0.3 is 15.3 Å². The molecule has 0 radical (unpaired) electrons. The van der Waals surface area contributed by atoms with Gasteiger partial charge in [-0.2, -0.15) is 0 Å². The second-order valence-corrected chi connectivity index (χ2v) is 11.8. The van der Waals surface area contributed by atoms with Crippen molar-refractivity contribution in [3.05, 3.63) is 88.3 Å². The quantitative estimate of drug-likeness (QED) is 0.145. The Morgan fingerprint density at radius 1 is 1.00 bits per heavy atom. The molecule has 3 rings (SSSR count). The van der Waals surface area contributed by atoms with E-state index in [1.165, 1.54) is 0 Å². The Bertz CT molecular complexity index is 1210. The minimum atomic E-state index is -1.52. The molecule has 0 aromatic heterocycles. The van der Waals surface area contributed by atoms with Crippen LogP contribution >= 0.6 is 0 Å². The number of aliphatic hydroxyl groups is 3. The number of allylic oxidation sites excluding steroid dienone is 7. The Labute approximate surface area is 227 Å². The van der Waals surface area contributed by atoms with Crippen molar-refractivity contribution in [2.45, 2.75) is 79.2 Å². The Balaban J connectivity index is 2.32. The molecule has 0 unspecified atom stereocenters. The number of benzene rings is 1. The number of rotatable bonds is 8. The lowest BCUT2D eigenvalue weighted by Crippen LogP contribution is -2.46. The van der Waals surface area contributed by atoms with Gasteiger partial charge in [-0.3, -0.25) is 9.59 Å². The summed E-state index contributed by atoms with van der Waals surface area (Å²) >= 11 is 0. The largest absolute Gasteiger partial charge is 0.507 e. The second kappa shape index (κ2) is 11.3. The van der Waals surface area contributed by atoms with Crippen molar-refractivity contribution >= 4 is 17.3 Å². The van der Waals surface area contributed by atoms with E-state index in [1.54, 1.807) is 37.3 Å². The van der Waals surface area contributed by atoms with E-state index >= 15 is 0 Å². The molecule has 5 nitrogen and oxygen atoms in total. The van der Waals surface area contributed by atoms with Crippen LogP contribution in [0.2, 0.25) is 0 Å². The van der Waals surface area contributed by atoms with E-state index in [0.29, 0.717) is 12.0 Å². The molecule has 0 aliphatic heterocycles. The van der Waals surface area contributed by atoms with Crippen LogP contribution in [0.1, 0.15) is 79.2 Å². The molecule has 3 atom stereocenters. The first-order valence-corrected chi connectivity index (χ1v) is 13.4. The summed E-state index contributed by atoms with van der Waals surface area (Å²) in [6.07, 6.45) is 5.39. The van der Waals surface area contributed by atoms with Gasteiger partial charge in [-0.1, -0.05) is 65.8 Å². The van der Waals surface area contributed by atoms with Crippen molar-refractivity contribution in [3.8, 4) is 0 Å². The number of ketones is 2. The van der Waals surface area contributed by atoms with Gasteiger partial charge in [0.2, 0.25) is 0 Å². The van der Waals surface area contributed by atoms with E-state index < -0.39 is 28.3 Å². The lowest BCUT2D eigenvalue weighted by molar-refractivity contribution is -0.137. The number of aliphatic hydroxyl groups excluding tert-OH is 2. The van der Waals surface area contributed by atoms with Crippen LogP contribution in [0, 0.1) is 17.3 Å². The van der Waals surface area contributed by atoms with Gasteiger partial charge in [0.05, 0.1) is 5.60 Å². The maximum absolute atomic E-state index is 14.4. The minimum absolute atomic E-state index is 0.0316. The third kappa shape index (κ3) is 5.63. The molecule has 0 spiro atoms. The van der Waals surface area contributed by atoms with E-state index in [1.807, 2.05) is 46.8 Å². The first-order valence-electron chi connectivity index (χ1n) is 13.4. The fourth-order valence-corrected chi connectivity index (χ4v) is 5.80. The zero-order valence-corrected chi connectivity index (χ0v) is 23.6. The molecule has 0 heterocycles. The molecule has 0 bridgehead atoms. The highest BCUT2D eigenvalue weighted by atomic mass is 16.3. The van der Waals surface area contributed by atoms with Gasteiger partial charge in [0, 0.05) is 11.1 Å². The van der Waals surface area contributed by atoms with Crippen LogP contribution in [0.15, 0.2) is 82.7 Å². The van der Waals surface area contributed by atoms with Crippen LogP contribution in [0.4, 0.5) is 0 Å². The number of hydrogen-bond donors (Lipinski definition) is 3. The van der Waals surface area contributed by atoms with E-state index in [4.69, 9.17) is 0 Å². The first-order chi connectivity index (χ1) is 17.7. The predicted molar refractivity (Wildman–Crippen MR) is 152 cm³/mol. The van der Waals surface area contributed by atoms with Crippen molar-refractivity contribution in [1.29, 1.82) is 0 Å². The highest BCUT2D eigenvalue weighted by molar-refractivity contribution is 6.26. The standard InChI is InChI=1S/C33H42O5/c1-20(2)13-17-33(18-14-21(3)4)30(36)25(19-26-24(22(5)6)15-16-32(26,7)38)29(35)27(31(33)37)28(34)23-11-9-8-10-12-23/h8-14,24,26,34-35,38H,5,15-19H2,1-4,6-7H3/b28-27-/t24-,26-,32+/m1/s1. The maximum atomic E-state index is 14.4. The molecule has 2 aliphatic rings. The zero-order valence-electron chi connectivity index (χ0n) is 23.6. The van der Waals surface area contributed by atoms with Gasteiger partial charge in [0.15, 0.2) is 11.6 Å². The molecule has 1 saturated carbocycles. The van der Waals surface area contributed by atoms with E-state index in [-0.39, 0.29) is 48.0 Å². The van der Waals surface area contributed by atoms with Crippen LogP contribution in [0.5, 0.6) is 0 Å². The van der Waals surface area contributed by atoms with Crippen molar-refractivity contribution in [2.24, 2.45) is 17.3 Å². The van der Waals surface area contributed by atoms with Crippen LogP contribution < -0.4 is 0 Å². The Kier molecular flexibility index (Phi) is 8.72. The summed E-state index contributed by atoms with van der Waals surface area (Å²) in [5.41, 5.74) is 0.480. The van der Waals surface area contributed by atoms with Gasteiger partial charge in [-0.25, -0.2) is 0 Å². The third-order valence-corrected chi connectivity index (χ3v) is 8.20. The highest BCUT2D eigenvalue weighted by Gasteiger charge is 2.54. The molecule has 204 valence electrons. The van der Waals surface area contributed by atoms with Crippen molar-refractivity contribution in [1.82, 2.24) is 0 Å². The molecule has 5 heteroatoms. The average Bonchev–Trinajstić information content (AvgIpc) is 3.15. The maximum Gasteiger partial charge on any atom is 0.184 e. The molecule has 0 amide bonds. The van der Waals surface area contributed by atoms with Crippen molar-refractivity contribution in [2.75, 3.05) is 0 Å². The number of carbonyl (C=O) groups is 2. The van der Waals surface area contributed by atoms with Crippen molar-refractivity contribution < 1.29 is 24.9 Å². The van der Waals surface area contributed by atoms with Gasteiger partial charge in [-0.15, -0.1) is 0 Å². The van der Waals surface area contributed by atoms with Crippen LogP contribution in [0.25, 0.3) is 5.76 Å². The summed E-state index contributed by atoms with van der Waals surface area (Å²) < 4.78 is 0. The molecule has 1 aromatic rings. The fourth-order valence-electron chi connectivity index (χ4n) is 5.80. The number of Topliss-reactive ketones (excluding diaryl/α,β-unsaturated/α-hetero) is 2. The molecule has 1 aromatic carbocycles. The normalized spacial score (nSPS) is 26.3. The minimum Gasteiger partial charge on any atom is -0.507 e. The van der Waals surface area contributed by atoms with Gasteiger partial charge >= 0.3 is 0 Å². The molecular formula is C33H42O5. The monoisotopic (exact) mass is 518 g/mol. The topological polar surface area (TPSA) is 94.8 Å². The smallest absolute Gasteiger partial charge is 0.184 e. The van der Waals surface area contributed by atoms with E-state index in [2.05, 4.69) is 6.58 Å². The van der Waals surface area contributed by atoms with Gasteiger partial charge in [0.25, 0.3) is 0 Å². The Morgan fingerprint density at radius 3 is 2.05 bits per heavy atom. The van der Waals surface area contributed by atoms with E-state index in [0.717, 1.165) is 23.1 Å². The average molecular weight is 519 g/mol. The van der Waals surface area contributed by atoms with Gasteiger partial charge in [-0.05, 0) is 85.5 Å². The number of carbonyl (C=O) groups excluding carboxylic acids is 2. The zero-order chi connectivity index (χ0) is 28.4. The van der Waals surface area contributed by atoms with Crippen molar-refractivity contribution in [3.63, 3.8) is 0 Å².